The Bertz CT molecular complexity index is 924. The SMILES string of the molecule is CCCCC/C=C\C/C=C\CCCCCCCCCC(=O)OCC(COCCCCCCCC/C=C\CCCCCC)OC(=O)CCCCCCCCCCCCC. The molecule has 5 heteroatoms. The van der Waals surface area contributed by atoms with Crippen molar-refractivity contribution in [1.82, 2.24) is 0 Å². The van der Waals surface area contributed by atoms with Gasteiger partial charge < -0.3 is 14.2 Å². The van der Waals surface area contributed by atoms with Crippen molar-refractivity contribution in [1.29, 1.82) is 0 Å². The molecule has 0 aliphatic carbocycles. The zero-order valence-corrected chi connectivity index (χ0v) is 39.1. The molecule has 1 unspecified atom stereocenters. The van der Waals surface area contributed by atoms with Gasteiger partial charge in [-0.3, -0.25) is 9.59 Å². The number of carbonyl (C=O) groups is 2. The summed E-state index contributed by atoms with van der Waals surface area (Å²) in [6, 6.07) is 0. The topological polar surface area (TPSA) is 61.8 Å². The molecule has 340 valence electrons. The van der Waals surface area contributed by atoms with Crippen molar-refractivity contribution < 1.29 is 23.8 Å². The van der Waals surface area contributed by atoms with E-state index in [4.69, 9.17) is 14.2 Å². The molecule has 58 heavy (non-hydrogen) atoms. The van der Waals surface area contributed by atoms with Crippen LogP contribution in [-0.2, 0) is 23.8 Å². The lowest BCUT2D eigenvalue weighted by Crippen LogP contribution is -2.30. The fourth-order valence-corrected chi connectivity index (χ4v) is 7.30. The predicted molar refractivity (Wildman–Crippen MR) is 252 cm³/mol. The van der Waals surface area contributed by atoms with Gasteiger partial charge in [-0.2, -0.15) is 0 Å². The van der Waals surface area contributed by atoms with Gasteiger partial charge in [-0.15, -0.1) is 0 Å². The second-order valence-corrected chi connectivity index (χ2v) is 17.1. The van der Waals surface area contributed by atoms with Crippen LogP contribution in [0.2, 0.25) is 0 Å². The minimum Gasteiger partial charge on any atom is -0.462 e. The van der Waals surface area contributed by atoms with Crippen molar-refractivity contribution in [2.45, 2.75) is 271 Å². The van der Waals surface area contributed by atoms with Gasteiger partial charge in [0, 0.05) is 19.4 Å². The summed E-state index contributed by atoms with van der Waals surface area (Å²) in [5.74, 6) is -0.398. The number of unbranched alkanes of at least 4 members (excludes halogenated alkanes) is 30. The average Bonchev–Trinajstić information content (AvgIpc) is 3.22. The van der Waals surface area contributed by atoms with Gasteiger partial charge in [-0.1, -0.05) is 211 Å². The van der Waals surface area contributed by atoms with Gasteiger partial charge in [-0.25, -0.2) is 0 Å². The molecule has 0 aromatic heterocycles. The molecule has 0 radical (unpaired) electrons. The molecule has 0 aliphatic rings. The Morgan fingerprint density at radius 1 is 0.379 bits per heavy atom. The molecular weight excluding hydrogens is 717 g/mol. The number of ether oxygens (including phenoxy) is 3. The van der Waals surface area contributed by atoms with E-state index in [9.17, 15) is 9.59 Å². The first-order chi connectivity index (χ1) is 28.6. The highest BCUT2D eigenvalue weighted by Crippen LogP contribution is 2.15. The molecule has 0 fully saturated rings. The molecule has 0 aliphatic heterocycles. The molecule has 1 atom stereocenters. The third kappa shape index (κ3) is 46.8. The van der Waals surface area contributed by atoms with Gasteiger partial charge in [0.25, 0.3) is 0 Å². The molecule has 0 aromatic rings. The Balaban J connectivity index is 4.23. The maximum absolute atomic E-state index is 12.7. The third-order valence-electron chi connectivity index (χ3n) is 11.1. The highest BCUT2D eigenvalue weighted by molar-refractivity contribution is 5.70. The van der Waals surface area contributed by atoms with Gasteiger partial charge in [0.2, 0.25) is 0 Å². The molecule has 5 nitrogen and oxygen atoms in total. The number of rotatable bonds is 47. The molecule has 0 rings (SSSR count). The molecule has 0 saturated heterocycles. The highest BCUT2D eigenvalue weighted by atomic mass is 16.6. The van der Waals surface area contributed by atoms with Gasteiger partial charge >= 0.3 is 11.9 Å². The van der Waals surface area contributed by atoms with E-state index in [2.05, 4.69) is 57.2 Å². The summed E-state index contributed by atoms with van der Waals surface area (Å²) >= 11 is 0. The van der Waals surface area contributed by atoms with Crippen molar-refractivity contribution in [2.75, 3.05) is 19.8 Å². The number of carbonyl (C=O) groups excluding carboxylic acids is 2. The molecule has 0 bridgehead atoms. The molecule has 0 saturated carbocycles. The highest BCUT2D eigenvalue weighted by Gasteiger charge is 2.17. The maximum atomic E-state index is 12.7. The van der Waals surface area contributed by atoms with Gasteiger partial charge in [-0.05, 0) is 77.0 Å². The fourth-order valence-electron chi connectivity index (χ4n) is 7.30. The number of hydrogen-bond donors (Lipinski definition) is 0. The minimum atomic E-state index is -0.536. The first-order valence-corrected chi connectivity index (χ1v) is 25.5. The summed E-state index contributed by atoms with van der Waals surface area (Å²) in [4.78, 5) is 25.3. The van der Waals surface area contributed by atoms with Crippen LogP contribution in [0.25, 0.3) is 0 Å². The van der Waals surface area contributed by atoms with Crippen LogP contribution in [0.3, 0.4) is 0 Å². The lowest BCUT2D eigenvalue weighted by Gasteiger charge is -2.18. The van der Waals surface area contributed by atoms with Crippen molar-refractivity contribution in [3.05, 3.63) is 36.5 Å². The molecule has 0 amide bonds. The van der Waals surface area contributed by atoms with Crippen LogP contribution in [0.4, 0.5) is 0 Å². The van der Waals surface area contributed by atoms with Crippen LogP contribution in [0, 0.1) is 0 Å². The molecule has 0 N–H and O–H groups in total. The van der Waals surface area contributed by atoms with Gasteiger partial charge in [0.1, 0.15) is 6.61 Å². The maximum Gasteiger partial charge on any atom is 0.306 e. The quantitative estimate of drug-likeness (QED) is 0.0348. The zero-order chi connectivity index (χ0) is 42.1. The smallest absolute Gasteiger partial charge is 0.306 e. The Kier molecular flexibility index (Phi) is 47.9. The van der Waals surface area contributed by atoms with Crippen molar-refractivity contribution in [2.24, 2.45) is 0 Å². The summed E-state index contributed by atoms with van der Waals surface area (Å²) in [5, 5.41) is 0. The van der Waals surface area contributed by atoms with Crippen LogP contribution in [0.5, 0.6) is 0 Å². The van der Waals surface area contributed by atoms with Crippen LogP contribution in [-0.4, -0.2) is 37.9 Å². The lowest BCUT2D eigenvalue weighted by atomic mass is 10.1. The number of allylic oxidation sites excluding steroid dienone is 6. The third-order valence-corrected chi connectivity index (χ3v) is 11.1. The van der Waals surface area contributed by atoms with E-state index in [0.29, 0.717) is 19.4 Å². The minimum absolute atomic E-state index is 0.0830. The summed E-state index contributed by atoms with van der Waals surface area (Å²) < 4.78 is 17.4. The Morgan fingerprint density at radius 3 is 1.21 bits per heavy atom. The first kappa shape index (κ1) is 56.1. The largest absolute Gasteiger partial charge is 0.462 e. The Labute approximate surface area is 361 Å². The van der Waals surface area contributed by atoms with E-state index >= 15 is 0 Å². The average molecular weight is 815 g/mol. The van der Waals surface area contributed by atoms with E-state index in [-0.39, 0.29) is 25.2 Å². The standard InChI is InChI=1S/C53H98O5/c1-4-7-10-13-16-19-22-24-26-27-28-29-32-34-37-40-43-46-52(54)57-50-51(58-53(55)47-44-41-38-35-31-21-18-15-12-9-6-3)49-56-48-45-42-39-36-33-30-25-23-20-17-14-11-8-5-2/h16,19-20,23-24,26,51H,4-15,17-18,21-22,25,27-50H2,1-3H3/b19-16-,23-20-,26-24-. The summed E-state index contributed by atoms with van der Waals surface area (Å²) in [7, 11) is 0. The molecule has 0 aromatic carbocycles. The Morgan fingerprint density at radius 2 is 0.724 bits per heavy atom. The van der Waals surface area contributed by atoms with Crippen molar-refractivity contribution >= 4 is 11.9 Å². The lowest BCUT2D eigenvalue weighted by molar-refractivity contribution is -0.163. The van der Waals surface area contributed by atoms with Crippen LogP contribution < -0.4 is 0 Å². The second-order valence-electron chi connectivity index (χ2n) is 17.1. The summed E-state index contributed by atoms with van der Waals surface area (Å²) in [5.41, 5.74) is 0. The molecular formula is C53H98O5. The predicted octanol–water partition coefficient (Wildman–Crippen LogP) is 17.0. The Hall–Kier alpha value is -1.88. The molecule has 0 spiro atoms. The van der Waals surface area contributed by atoms with Crippen LogP contribution in [0.1, 0.15) is 265 Å². The van der Waals surface area contributed by atoms with Crippen LogP contribution in [0.15, 0.2) is 36.5 Å². The van der Waals surface area contributed by atoms with E-state index in [0.717, 1.165) is 51.4 Å². The van der Waals surface area contributed by atoms with E-state index in [1.807, 2.05) is 0 Å². The number of hydrogen-bond acceptors (Lipinski definition) is 5. The monoisotopic (exact) mass is 815 g/mol. The normalized spacial score (nSPS) is 12.4. The zero-order valence-electron chi connectivity index (χ0n) is 39.1. The van der Waals surface area contributed by atoms with Crippen LogP contribution >= 0.6 is 0 Å². The number of esters is 2. The fraction of sp³-hybridized carbons (Fsp3) is 0.849. The second kappa shape index (κ2) is 49.5. The van der Waals surface area contributed by atoms with E-state index in [1.165, 1.54) is 180 Å². The van der Waals surface area contributed by atoms with Gasteiger partial charge in [0.05, 0.1) is 6.61 Å². The summed E-state index contributed by atoms with van der Waals surface area (Å²) in [6.07, 6.45) is 58.6. The van der Waals surface area contributed by atoms with Gasteiger partial charge in [0.15, 0.2) is 6.10 Å². The first-order valence-electron chi connectivity index (χ1n) is 25.5. The van der Waals surface area contributed by atoms with E-state index < -0.39 is 6.10 Å². The van der Waals surface area contributed by atoms with Crippen molar-refractivity contribution in [3.63, 3.8) is 0 Å². The van der Waals surface area contributed by atoms with E-state index in [1.54, 1.807) is 0 Å². The van der Waals surface area contributed by atoms with Crippen molar-refractivity contribution in [3.8, 4) is 0 Å². The summed E-state index contributed by atoms with van der Waals surface area (Å²) in [6.45, 7) is 7.80. The molecule has 0 heterocycles.